The molecule has 0 amide bonds. The van der Waals surface area contributed by atoms with Gasteiger partial charge >= 0.3 is 5.97 Å². The summed E-state index contributed by atoms with van der Waals surface area (Å²) < 4.78 is 11.1. The van der Waals surface area contributed by atoms with Crippen LogP contribution in [0, 0.1) is 0 Å². The molecular formula is C17H14Cl2N2O4. The molecule has 0 aliphatic carbocycles. The van der Waals surface area contributed by atoms with Gasteiger partial charge in [-0.25, -0.2) is 0 Å². The Hall–Kier alpha value is -2.31. The number of aromatic nitrogens is 2. The molecule has 6 nitrogen and oxygen atoms in total. The fourth-order valence-corrected chi connectivity index (χ4v) is 2.66. The average Bonchev–Trinajstić information content (AvgIpc) is 2.95. The van der Waals surface area contributed by atoms with E-state index in [4.69, 9.17) is 37.6 Å². The summed E-state index contributed by atoms with van der Waals surface area (Å²) in [7, 11) is 0. The number of carbonyl (C=O) groups is 1. The van der Waals surface area contributed by atoms with Gasteiger partial charge in [0.25, 0.3) is 0 Å². The fraction of sp³-hybridized carbons (Fsp3) is 0.235. The molecule has 0 radical (unpaired) electrons. The highest BCUT2D eigenvalue weighted by atomic mass is 35.5. The number of aliphatic carboxylic acids is 1. The molecule has 8 heteroatoms. The van der Waals surface area contributed by atoms with Crippen LogP contribution in [0.2, 0.25) is 5.02 Å². The number of fused-ring (bicyclic) bond motifs is 1. The molecule has 0 aliphatic rings. The van der Waals surface area contributed by atoms with Crippen LogP contribution in [-0.4, -0.2) is 21.2 Å². The van der Waals surface area contributed by atoms with Crippen molar-refractivity contribution < 1.29 is 19.2 Å². The summed E-state index contributed by atoms with van der Waals surface area (Å²) in [6.45, 7) is 1.67. The van der Waals surface area contributed by atoms with Crippen LogP contribution < -0.4 is 4.74 Å². The molecule has 1 aromatic carbocycles. The molecule has 1 atom stereocenters. The van der Waals surface area contributed by atoms with Crippen molar-refractivity contribution in [1.82, 2.24) is 10.1 Å². The lowest BCUT2D eigenvalue weighted by Crippen LogP contribution is -2.23. The number of alkyl halides is 1. The Balaban J connectivity index is 1.86. The lowest BCUT2D eigenvalue weighted by Gasteiger charge is -2.23. The van der Waals surface area contributed by atoms with Gasteiger partial charge in [-0.1, -0.05) is 28.4 Å². The number of rotatable bonds is 6. The average molecular weight is 381 g/mol. The van der Waals surface area contributed by atoms with E-state index < -0.39 is 11.0 Å². The van der Waals surface area contributed by atoms with Crippen LogP contribution in [0.4, 0.5) is 0 Å². The summed E-state index contributed by atoms with van der Waals surface area (Å²) in [5, 5.41) is 12.7. The van der Waals surface area contributed by atoms with Gasteiger partial charge in [0.05, 0.1) is 22.8 Å². The molecule has 3 rings (SSSR count). The van der Waals surface area contributed by atoms with Gasteiger partial charge in [0, 0.05) is 18.0 Å². The Kier molecular flexibility index (Phi) is 4.83. The maximum atomic E-state index is 10.7. The lowest BCUT2D eigenvalue weighted by atomic mass is 10.1. The minimum Gasteiger partial charge on any atom is -0.481 e. The molecule has 2 heterocycles. The third-order valence-corrected chi connectivity index (χ3v) is 4.08. The summed E-state index contributed by atoms with van der Waals surface area (Å²) in [4.78, 5) is 14.9. The molecule has 1 N–H and O–H groups in total. The van der Waals surface area contributed by atoms with Crippen molar-refractivity contribution in [3.8, 4) is 5.75 Å². The summed E-state index contributed by atoms with van der Waals surface area (Å²) >= 11 is 12.3. The second kappa shape index (κ2) is 6.90. The smallest absolute Gasteiger partial charge is 0.303 e. The number of hydrogen-bond donors (Lipinski definition) is 1. The molecule has 0 saturated heterocycles. The number of aryl methyl sites for hydroxylation is 1. The highest BCUT2D eigenvalue weighted by Crippen LogP contribution is 2.33. The van der Waals surface area contributed by atoms with Crippen molar-refractivity contribution in [3.63, 3.8) is 0 Å². The van der Waals surface area contributed by atoms with E-state index in [1.165, 1.54) is 6.20 Å². The Morgan fingerprint density at radius 2 is 2.16 bits per heavy atom. The molecule has 25 heavy (non-hydrogen) atoms. The number of benzene rings is 1. The number of pyridine rings is 1. The van der Waals surface area contributed by atoms with Crippen molar-refractivity contribution >= 4 is 40.1 Å². The zero-order valence-electron chi connectivity index (χ0n) is 13.2. The Labute approximate surface area is 153 Å². The molecule has 0 spiro atoms. The quantitative estimate of drug-likeness (QED) is 0.638. The van der Waals surface area contributed by atoms with Gasteiger partial charge in [-0.2, -0.15) is 0 Å². The van der Waals surface area contributed by atoms with Crippen molar-refractivity contribution in [2.45, 2.75) is 24.8 Å². The lowest BCUT2D eigenvalue weighted by molar-refractivity contribution is -0.136. The minimum atomic E-state index is -1.20. The Bertz CT molecular complexity index is 907. The van der Waals surface area contributed by atoms with Crippen LogP contribution in [0.15, 0.2) is 41.1 Å². The van der Waals surface area contributed by atoms with Gasteiger partial charge in [-0.05, 0) is 37.3 Å². The molecule has 130 valence electrons. The van der Waals surface area contributed by atoms with Crippen LogP contribution >= 0.6 is 23.2 Å². The fourth-order valence-electron chi connectivity index (χ4n) is 2.35. The molecule has 1 unspecified atom stereocenters. The van der Waals surface area contributed by atoms with Gasteiger partial charge in [0.2, 0.25) is 5.06 Å². The molecular weight excluding hydrogens is 367 g/mol. The summed E-state index contributed by atoms with van der Waals surface area (Å²) in [5.74, 6) is -0.410. The minimum absolute atomic E-state index is 0.0331. The SMILES string of the molecule is CC(Cl)(Oc1ccc2onc(CCC(=O)O)c2c1)c1ccc(Cl)cn1. The van der Waals surface area contributed by atoms with E-state index >= 15 is 0 Å². The Morgan fingerprint density at radius 1 is 1.36 bits per heavy atom. The molecule has 3 aromatic rings. The van der Waals surface area contributed by atoms with E-state index in [2.05, 4.69) is 10.1 Å². The number of hydrogen-bond acceptors (Lipinski definition) is 5. The number of nitrogens with zero attached hydrogens (tertiary/aromatic N) is 2. The van der Waals surface area contributed by atoms with Crippen LogP contribution in [0.3, 0.4) is 0 Å². The standard InChI is InChI=1S/C17H14Cl2N2O4/c1-17(19,15-6-2-10(18)9-20-15)24-11-3-5-14-12(8-11)13(21-25-14)4-7-16(22)23/h2-3,5-6,8-9H,4,7H2,1H3,(H,22,23). The van der Waals surface area contributed by atoms with Crippen molar-refractivity contribution in [3.05, 3.63) is 52.9 Å². The largest absolute Gasteiger partial charge is 0.481 e. The summed E-state index contributed by atoms with van der Waals surface area (Å²) in [6, 6.07) is 8.49. The van der Waals surface area contributed by atoms with E-state index in [9.17, 15) is 4.79 Å². The maximum absolute atomic E-state index is 10.7. The second-order valence-electron chi connectivity index (χ2n) is 5.56. The van der Waals surface area contributed by atoms with Gasteiger partial charge in [-0.15, -0.1) is 0 Å². The molecule has 0 bridgehead atoms. The molecule has 2 aromatic heterocycles. The zero-order valence-corrected chi connectivity index (χ0v) is 14.7. The van der Waals surface area contributed by atoms with Gasteiger partial charge in [0.1, 0.15) is 5.75 Å². The van der Waals surface area contributed by atoms with E-state index in [0.717, 1.165) is 0 Å². The molecule has 0 saturated carbocycles. The Morgan fingerprint density at radius 3 is 2.84 bits per heavy atom. The van der Waals surface area contributed by atoms with E-state index in [1.807, 2.05) is 0 Å². The van der Waals surface area contributed by atoms with Crippen LogP contribution in [0.5, 0.6) is 5.75 Å². The first kappa shape index (κ1) is 17.5. The summed E-state index contributed by atoms with van der Waals surface area (Å²) in [5.41, 5.74) is 1.62. The van der Waals surface area contributed by atoms with E-state index in [0.29, 0.717) is 33.1 Å². The monoisotopic (exact) mass is 380 g/mol. The predicted molar refractivity (Wildman–Crippen MR) is 93.0 cm³/mol. The maximum Gasteiger partial charge on any atom is 0.303 e. The highest BCUT2D eigenvalue weighted by molar-refractivity contribution is 6.30. The highest BCUT2D eigenvalue weighted by Gasteiger charge is 2.27. The topological polar surface area (TPSA) is 85.5 Å². The van der Waals surface area contributed by atoms with Crippen molar-refractivity contribution in [2.75, 3.05) is 0 Å². The van der Waals surface area contributed by atoms with Crippen LogP contribution in [-0.2, 0) is 16.3 Å². The number of halogens is 2. The molecule has 0 aliphatic heterocycles. The first-order chi connectivity index (χ1) is 11.8. The van der Waals surface area contributed by atoms with E-state index in [-0.39, 0.29) is 12.8 Å². The molecule has 0 fully saturated rings. The van der Waals surface area contributed by atoms with Gasteiger partial charge in [-0.3, -0.25) is 9.78 Å². The first-order valence-corrected chi connectivity index (χ1v) is 8.21. The second-order valence-corrected chi connectivity index (χ2v) is 6.72. The van der Waals surface area contributed by atoms with Gasteiger partial charge in [0.15, 0.2) is 5.58 Å². The van der Waals surface area contributed by atoms with Crippen LogP contribution in [0.25, 0.3) is 11.0 Å². The predicted octanol–water partition coefficient (Wildman–Crippen LogP) is 4.38. The normalized spacial score (nSPS) is 13.6. The summed E-state index contributed by atoms with van der Waals surface area (Å²) in [6.07, 6.45) is 1.73. The van der Waals surface area contributed by atoms with E-state index in [1.54, 1.807) is 37.3 Å². The van der Waals surface area contributed by atoms with Gasteiger partial charge < -0.3 is 14.4 Å². The number of ether oxygens (including phenoxy) is 1. The van der Waals surface area contributed by atoms with Crippen molar-refractivity contribution in [2.24, 2.45) is 0 Å². The third-order valence-electron chi connectivity index (χ3n) is 3.59. The van der Waals surface area contributed by atoms with Crippen molar-refractivity contribution in [1.29, 1.82) is 0 Å². The number of carboxylic acid groups (broad SMARTS) is 1. The third kappa shape index (κ3) is 4.03. The first-order valence-electron chi connectivity index (χ1n) is 7.45. The zero-order chi connectivity index (χ0) is 18.0. The van der Waals surface area contributed by atoms with Crippen LogP contribution in [0.1, 0.15) is 24.7 Å². The number of carboxylic acids is 1.